The number of para-hydroxylation sites is 1. The van der Waals surface area contributed by atoms with Crippen LogP contribution in [0.4, 0.5) is 0 Å². The number of carbonyl (C=O) groups excluding carboxylic acids is 2. The lowest BCUT2D eigenvalue weighted by Gasteiger charge is -2.53. The first-order valence-corrected chi connectivity index (χ1v) is 12.7. The molecule has 5 atom stereocenters. The van der Waals surface area contributed by atoms with E-state index in [4.69, 9.17) is 9.47 Å². The predicted molar refractivity (Wildman–Crippen MR) is 122 cm³/mol. The summed E-state index contributed by atoms with van der Waals surface area (Å²) < 4.78 is 13.0. The fourth-order valence-corrected chi connectivity index (χ4v) is 5.89. The summed E-state index contributed by atoms with van der Waals surface area (Å²) in [6.07, 6.45) is 4.66. The molecule has 0 radical (unpaired) electrons. The van der Waals surface area contributed by atoms with Gasteiger partial charge < -0.3 is 19.7 Å². The van der Waals surface area contributed by atoms with Crippen molar-refractivity contribution in [2.75, 3.05) is 25.1 Å². The van der Waals surface area contributed by atoms with E-state index in [2.05, 4.69) is 25.2 Å². The number of ether oxygens (including phenoxy) is 2. The first-order valence-electron chi connectivity index (χ1n) is 11.3. The number of likely N-dealkylation sites (tertiary alicyclic amines) is 1. The number of rotatable bonds is 5. The second kappa shape index (κ2) is 9.02. The summed E-state index contributed by atoms with van der Waals surface area (Å²) in [5.41, 5.74) is 0.819. The Hall–Kier alpha value is -1.73. The maximum Gasteiger partial charge on any atom is 0.245 e. The Labute approximate surface area is 189 Å². The number of piperidine rings is 1. The lowest BCUT2D eigenvalue weighted by Crippen LogP contribution is -2.58. The van der Waals surface area contributed by atoms with Gasteiger partial charge in [0.25, 0.3) is 0 Å². The average Bonchev–Trinajstić information content (AvgIpc) is 2.74. The molecule has 31 heavy (non-hydrogen) atoms. The van der Waals surface area contributed by atoms with Crippen molar-refractivity contribution in [3.8, 4) is 5.75 Å². The largest absolute Gasteiger partial charge is 0.487 e. The molecule has 0 aromatic heterocycles. The number of hydrogen-bond acceptors (Lipinski definition) is 5. The van der Waals surface area contributed by atoms with Crippen molar-refractivity contribution in [2.45, 2.75) is 63.9 Å². The highest BCUT2D eigenvalue weighted by molar-refractivity contribution is 7.98. The Kier molecular flexibility index (Phi) is 6.54. The van der Waals surface area contributed by atoms with Crippen LogP contribution in [0.1, 0.15) is 51.7 Å². The summed E-state index contributed by atoms with van der Waals surface area (Å²) in [5, 5.41) is 2.86. The summed E-state index contributed by atoms with van der Waals surface area (Å²) in [6, 6.07) is 7.75. The zero-order chi connectivity index (χ0) is 22.2. The molecule has 7 heteroatoms. The molecular weight excluding hydrogens is 412 g/mol. The SMILES string of the molecule is CSCC[C@H](NC(C)=O)C(=O)N1CC[C@H]2O[C@H]3c4ccccc4OC(C)(C)[C@@H]3C[C@H]2C1. The number of carbonyl (C=O) groups is 2. The third kappa shape index (κ3) is 4.58. The Balaban J connectivity index is 1.48. The van der Waals surface area contributed by atoms with Crippen LogP contribution in [0.2, 0.25) is 0 Å². The van der Waals surface area contributed by atoms with Crippen molar-refractivity contribution in [1.29, 1.82) is 0 Å². The van der Waals surface area contributed by atoms with E-state index in [1.807, 2.05) is 29.4 Å². The molecule has 2 amide bonds. The normalized spacial score (nSPS) is 29.6. The third-order valence-corrected chi connectivity index (χ3v) is 7.64. The van der Waals surface area contributed by atoms with E-state index < -0.39 is 6.04 Å². The van der Waals surface area contributed by atoms with Crippen LogP contribution in [0.25, 0.3) is 0 Å². The molecule has 0 aliphatic carbocycles. The molecule has 170 valence electrons. The van der Waals surface area contributed by atoms with Crippen LogP contribution in [-0.4, -0.2) is 59.6 Å². The summed E-state index contributed by atoms with van der Waals surface area (Å²) in [6.45, 7) is 7.12. The molecule has 1 aromatic rings. The van der Waals surface area contributed by atoms with E-state index in [1.165, 1.54) is 6.92 Å². The molecule has 3 heterocycles. The Morgan fingerprint density at radius 2 is 2.10 bits per heavy atom. The maximum atomic E-state index is 13.2. The highest BCUT2D eigenvalue weighted by Crippen LogP contribution is 2.52. The molecule has 4 rings (SSSR count). The number of hydrogen-bond donors (Lipinski definition) is 1. The lowest BCUT2D eigenvalue weighted by atomic mass is 9.70. The van der Waals surface area contributed by atoms with Gasteiger partial charge in [0.05, 0.1) is 12.2 Å². The zero-order valence-corrected chi connectivity index (χ0v) is 19.7. The van der Waals surface area contributed by atoms with Gasteiger partial charge in [-0.1, -0.05) is 18.2 Å². The summed E-state index contributed by atoms with van der Waals surface area (Å²) in [7, 11) is 0. The van der Waals surface area contributed by atoms with Crippen molar-refractivity contribution in [2.24, 2.45) is 11.8 Å². The molecule has 1 N–H and O–H groups in total. The van der Waals surface area contributed by atoms with Crippen LogP contribution in [0.3, 0.4) is 0 Å². The first kappa shape index (κ1) is 22.5. The number of amides is 2. The highest BCUT2D eigenvalue weighted by atomic mass is 32.2. The van der Waals surface area contributed by atoms with Gasteiger partial charge in [0.15, 0.2) is 0 Å². The Morgan fingerprint density at radius 1 is 1.32 bits per heavy atom. The van der Waals surface area contributed by atoms with Crippen LogP contribution >= 0.6 is 11.8 Å². The van der Waals surface area contributed by atoms with Crippen LogP contribution in [0.15, 0.2) is 24.3 Å². The predicted octanol–water partition coefficient (Wildman–Crippen LogP) is 3.41. The monoisotopic (exact) mass is 446 g/mol. The van der Waals surface area contributed by atoms with Crippen molar-refractivity contribution < 1.29 is 19.1 Å². The minimum atomic E-state index is -0.444. The smallest absolute Gasteiger partial charge is 0.245 e. The summed E-state index contributed by atoms with van der Waals surface area (Å²) in [5.74, 6) is 2.17. The summed E-state index contributed by atoms with van der Waals surface area (Å²) >= 11 is 1.69. The van der Waals surface area contributed by atoms with Gasteiger partial charge in [-0.15, -0.1) is 0 Å². The average molecular weight is 447 g/mol. The topological polar surface area (TPSA) is 67.9 Å². The third-order valence-electron chi connectivity index (χ3n) is 7.00. The minimum absolute atomic E-state index is 0.0364. The zero-order valence-electron chi connectivity index (χ0n) is 18.9. The molecule has 0 spiro atoms. The van der Waals surface area contributed by atoms with E-state index in [0.717, 1.165) is 29.9 Å². The molecule has 2 saturated heterocycles. The number of nitrogens with one attached hydrogen (secondary N) is 1. The second-order valence-electron chi connectivity index (χ2n) is 9.55. The molecule has 0 saturated carbocycles. The molecule has 0 unspecified atom stereocenters. The van der Waals surface area contributed by atoms with E-state index in [0.29, 0.717) is 19.5 Å². The summed E-state index contributed by atoms with van der Waals surface area (Å²) in [4.78, 5) is 26.8. The van der Waals surface area contributed by atoms with Crippen LogP contribution < -0.4 is 10.1 Å². The van der Waals surface area contributed by atoms with Crippen LogP contribution in [0.5, 0.6) is 5.75 Å². The quantitative estimate of drug-likeness (QED) is 0.751. The molecular formula is C24H34N2O4S. The van der Waals surface area contributed by atoms with Gasteiger partial charge in [-0.2, -0.15) is 11.8 Å². The van der Waals surface area contributed by atoms with E-state index in [9.17, 15) is 9.59 Å². The minimum Gasteiger partial charge on any atom is -0.487 e. The van der Waals surface area contributed by atoms with Gasteiger partial charge in [-0.3, -0.25) is 9.59 Å². The lowest BCUT2D eigenvalue weighted by molar-refractivity contribution is -0.189. The van der Waals surface area contributed by atoms with Crippen molar-refractivity contribution in [3.63, 3.8) is 0 Å². The van der Waals surface area contributed by atoms with Crippen molar-refractivity contribution in [3.05, 3.63) is 29.8 Å². The van der Waals surface area contributed by atoms with Gasteiger partial charge in [0.1, 0.15) is 17.4 Å². The molecule has 3 aliphatic heterocycles. The molecule has 1 aromatic carbocycles. The maximum absolute atomic E-state index is 13.2. The van der Waals surface area contributed by atoms with Crippen LogP contribution in [0, 0.1) is 11.8 Å². The van der Waals surface area contributed by atoms with Crippen LogP contribution in [-0.2, 0) is 14.3 Å². The number of fused-ring (bicyclic) bond motifs is 4. The van der Waals surface area contributed by atoms with Gasteiger partial charge in [-0.05, 0) is 51.2 Å². The second-order valence-corrected chi connectivity index (χ2v) is 10.5. The number of benzene rings is 1. The van der Waals surface area contributed by atoms with E-state index in [-0.39, 0.29) is 41.5 Å². The van der Waals surface area contributed by atoms with E-state index >= 15 is 0 Å². The fourth-order valence-electron chi connectivity index (χ4n) is 5.41. The number of thioether (sulfide) groups is 1. The van der Waals surface area contributed by atoms with Gasteiger partial charge in [0, 0.05) is 37.4 Å². The Bertz CT molecular complexity index is 830. The van der Waals surface area contributed by atoms with Gasteiger partial charge in [-0.25, -0.2) is 0 Å². The van der Waals surface area contributed by atoms with Gasteiger partial charge >= 0.3 is 0 Å². The Morgan fingerprint density at radius 3 is 2.84 bits per heavy atom. The molecule has 3 aliphatic rings. The molecule has 0 bridgehead atoms. The molecule has 6 nitrogen and oxygen atoms in total. The molecule has 2 fully saturated rings. The fraction of sp³-hybridized carbons (Fsp3) is 0.667. The number of nitrogens with zero attached hydrogens (tertiary/aromatic N) is 1. The first-order chi connectivity index (χ1) is 14.8. The van der Waals surface area contributed by atoms with E-state index in [1.54, 1.807) is 11.8 Å². The van der Waals surface area contributed by atoms with Gasteiger partial charge in [0.2, 0.25) is 11.8 Å². The van der Waals surface area contributed by atoms with Crippen molar-refractivity contribution in [1.82, 2.24) is 10.2 Å². The standard InChI is InChI=1S/C24H34N2O4S/c1-15(27)25-19(10-12-31-4)23(28)26-11-9-20-16(14-26)13-18-22(29-20)17-7-5-6-8-21(17)30-24(18,2)3/h5-8,16,18-20,22H,9-14H2,1-4H3,(H,25,27)/t16-,18+,19-,20+,22-/m0/s1. The highest BCUT2D eigenvalue weighted by Gasteiger charge is 2.51. The van der Waals surface area contributed by atoms with Crippen molar-refractivity contribution >= 4 is 23.6 Å².